The molecule has 0 N–H and O–H groups in total. The van der Waals surface area contributed by atoms with Crippen molar-refractivity contribution in [1.82, 2.24) is 19.4 Å². The minimum Gasteiger partial charge on any atom is -0.355 e. The Bertz CT molecular complexity index is 1090. The van der Waals surface area contributed by atoms with Crippen LogP contribution in [-0.4, -0.2) is 64.5 Å². The Hall–Kier alpha value is -3.12. The van der Waals surface area contributed by atoms with Crippen molar-refractivity contribution in [2.24, 2.45) is 5.92 Å². The van der Waals surface area contributed by atoms with E-state index in [1.54, 1.807) is 0 Å². The van der Waals surface area contributed by atoms with Gasteiger partial charge in [0.15, 0.2) is 5.82 Å². The van der Waals surface area contributed by atoms with Crippen LogP contribution in [0, 0.1) is 19.8 Å². The summed E-state index contributed by atoms with van der Waals surface area (Å²) in [6.45, 7) is 10.5. The van der Waals surface area contributed by atoms with Crippen LogP contribution in [0.1, 0.15) is 29.8 Å². The lowest BCUT2D eigenvalue weighted by atomic mass is 9.94. The standard InChI is InChI=1S/C28H35N5O/c1-22-10-11-23(2)33(22)26-9-6-14-29-27(26)31-15-12-25(13-16-31)28(34)32-19-17-30(18-20-32)21-24-7-4-3-5-8-24/h3-11,14,25H,12-13,15-21H2,1-2H3. The summed E-state index contributed by atoms with van der Waals surface area (Å²) in [7, 11) is 0. The smallest absolute Gasteiger partial charge is 0.225 e. The fourth-order valence-electron chi connectivity index (χ4n) is 5.42. The quantitative estimate of drug-likeness (QED) is 0.580. The molecule has 0 spiro atoms. The molecule has 4 heterocycles. The second-order valence-electron chi connectivity index (χ2n) is 9.65. The monoisotopic (exact) mass is 457 g/mol. The van der Waals surface area contributed by atoms with E-state index >= 15 is 0 Å². The predicted octanol–water partition coefficient (Wildman–Crippen LogP) is 4.05. The summed E-state index contributed by atoms with van der Waals surface area (Å²) in [4.78, 5) is 24.9. The average Bonchev–Trinajstić information content (AvgIpc) is 3.22. The van der Waals surface area contributed by atoms with Crippen LogP contribution in [0.4, 0.5) is 5.82 Å². The van der Waals surface area contributed by atoms with Crippen molar-refractivity contribution in [2.75, 3.05) is 44.2 Å². The van der Waals surface area contributed by atoms with Gasteiger partial charge in [-0.2, -0.15) is 0 Å². The lowest BCUT2D eigenvalue weighted by Gasteiger charge is -2.39. The number of nitrogens with zero attached hydrogens (tertiary/aromatic N) is 5. The van der Waals surface area contributed by atoms with Gasteiger partial charge in [0.2, 0.25) is 5.91 Å². The lowest BCUT2D eigenvalue weighted by molar-refractivity contribution is -0.138. The van der Waals surface area contributed by atoms with Crippen LogP contribution in [0.3, 0.4) is 0 Å². The van der Waals surface area contributed by atoms with E-state index in [1.807, 2.05) is 12.3 Å². The highest BCUT2D eigenvalue weighted by Gasteiger charge is 2.31. The molecule has 2 fully saturated rings. The summed E-state index contributed by atoms with van der Waals surface area (Å²) in [5, 5.41) is 0. The van der Waals surface area contributed by atoms with Crippen molar-refractivity contribution in [3.63, 3.8) is 0 Å². The molecule has 0 saturated carbocycles. The van der Waals surface area contributed by atoms with Crippen LogP contribution in [0.25, 0.3) is 5.69 Å². The van der Waals surface area contributed by atoms with Crippen molar-refractivity contribution < 1.29 is 4.79 Å². The van der Waals surface area contributed by atoms with Crippen LogP contribution < -0.4 is 4.90 Å². The van der Waals surface area contributed by atoms with E-state index < -0.39 is 0 Å². The van der Waals surface area contributed by atoms with Crippen molar-refractivity contribution >= 4 is 11.7 Å². The maximum absolute atomic E-state index is 13.3. The molecule has 6 nitrogen and oxygen atoms in total. The van der Waals surface area contributed by atoms with Gasteiger partial charge in [-0.15, -0.1) is 0 Å². The Morgan fingerprint density at radius 2 is 1.53 bits per heavy atom. The van der Waals surface area contributed by atoms with Crippen molar-refractivity contribution in [3.05, 3.63) is 77.7 Å². The average molecular weight is 458 g/mol. The highest BCUT2D eigenvalue weighted by atomic mass is 16.2. The molecule has 34 heavy (non-hydrogen) atoms. The third-order valence-electron chi connectivity index (χ3n) is 7.35. The Kier molecular flexibility index (Phi) is 6.68. The molecule has 2 aliphatic rings. The van der Waals surface area contributed by atoms with Gasteiger partial charge in [0.1, 0.15) is 0 Å². The molecule has 178 valence electrons. The van der Waals surface area contributed by atoms with E-state index in [0.717, 1.165) is 70.2 Å². The molecular formula is C28H35N5O. The van der Waals surface area contributed by atoms with Crippen molar-refractivity contribution in [3.8, 4) is 5.69 Å². The maximum atomic E-state index is 13.3. The highest BCUT2D eigenvalue weighted by Crippen LogP contribution is 2.29. The first-order valence-electron chi connectivity index (χ1n) is 12.5. The fourth-order valence-corrected chi connectivity index (χ4v) is 5.42. The van der Waals surface area contributed by atoms with Crippen LogP contribution in [-0.2, 0) is 11.3 Å². The molecule has 1 aromatic carbocycles. The number of anilines is 1. The minimum absolute atomic E-state index is 0.124. The number of amides is 1. The highest BCUT2D eigenvalue weighted by molar-refractivity contribution is 5.79. The van der Waals surface area contributed by atoms with Crippen LogP contribution >= 0.6 is 0 Å². The zero-order valence-corrected chi connectivity index (χ0v) is 20.4. The first-order valence-corrected chi connectivity index (χ1v) is 12.5. The molecular weight excluding hydrogens is 422 g/mol. The number of hydrogen-bond acceptors (Lipinski definition) is 4. The van der Waals surface area contributed by atoms with E-state index in [-0.39, 0.29) is 5.92 Å². The molecule has 0 radical (unpaired) electrons. The van der Waals surface area contributed by atoms with Crippen LogP contribution in [0.2, 0.25) is 0 Å². The number of pyridine rings is 1. The third-order valence-corrected chi connectivity index (χ3v) is 7.35. The molecule has 2 saturated heterocycles. The Morgan fingerprint density at radius 1 is 0.853 bits per heavy atom. The van der Waals surface area contributed by atoms with Gasteiger partial charge in [-0.1, -0.05) is 30.3 Å². The number of piperazine rings is 1. The van der Waals surface area contributed by atoms with E-state index in [2.05, 4.69) is 81.6 Å². The minimum atomic E-state index is 0.124. The second-order valence-corrected chi connectivity index (χ2v) is 9.65. The summed E-state index contributed by atoms with van der Waals surface area (Å²) in [5.74, 6) is 1.49. The normalized spacial score (nSPS) is 17.8. The molecule has 3 aromatic rings. The summed E-state index contributed by atoms with van der Waals surface area (Å²) in [6.07, 6.45) is 3.66. The van der Waals surface area contributed by atoms with Gasteiger partial charge in [-0.3, -0.25) is 9.69 Å². The molecule has 0 aliphatic carbocycles. The topological polar surface area (TPSA) is 44.6 Å². The number of hydrogen-bond donors (Lipinski definition) is 0. The first kappa shape index (κ1) is 22.7. The van der Waals surface area contributed by atoms with E-state index in [9.17, 15) is 4.79 Å². The largest absolute Gasteiger partial charge is 0.355 e. The number of carbonyl (C=O) groups is 1. The van der Waals surface area contributed by atoms with Gasteiger partial charge < -0.3 is 14.4 Å². The number of piperidine rings is 1. The van der Waals surface area contributed by atoms with Crippen LogP contribution in [0.15, 0.2) is 60.8 Å². The molecule has 2 aliphatic heterocycles. The van der Waals surface area contributed by atoms with Gasteiger partial charge in [-0.05, 0) is 56.5 Å². The molecule has 2 aromatic heterocycles. The van der Waals surface area contributed by atoms with E-state index in [1.165, 1.54) is 17.0 Å². The molecule has 1 amide bonds. The van der Waals surface area contributed by atoms with E-state index in [4.69, 9.17) is 4.98 Å². The van der Waals surface area contributed by atoms with Gasteiger partial charge >= 0.3 is 0 Å². The summed E-state index contributed by atoms with van der Waals surface area (Å²) in [6, 6.07) is 19.1. The first-order chi connectivity index (χ1) is 16.6. The fraction of sp³-hybridized carbons (Fsp3) is 0.429. The number of carbonyl (C=O) groups excluding carboxylic acids is 1. The van der Waals surface area contributed by atoms with Crippen molar-refractivity contribution in [1.29, 1.82) is 0 Å². The maximum Gasteiger partial charge on any atom is 0.225 e. The van der Waals surface area contributed by atoms with Gasteiger partial charge in [-0.25, -0.2) is 4.98 Å². The van der Waals surface area contributed by atoms with Gasteiger partial charge in [0.25, 0.3) is 0 Å². The SMILES string of the molecule is Cc1ccc(C)n1-c1cccnc1N1CCC(C(=O)N2CCN(Cc3ccccc3)CC2)CC1. The second kappa shape index (κ2) is 10.0. The third kappa shape index (κ3) is 4.73. The molecule has 0 atom stereocenters. The summed E-state index contributed by atoms with van der Waals surface area (Å²) >= 11 is 0. The number of rotatable bonds is 5. The van der Waals surface area contributed by atoms with Gasteiger partial charge in [0, 0.05) is 69.3 Å². The zero-order valence-electron chi connectivity index (χ0n) is 20.4. The Morgan fingerprint density at radius 3 is 2.21 bits per heavy atom. The van der Waals surface area contributed by atoms with Crippen LogP contribution in [0.5, 0.6) is 0 Å². The molecule has 5 rings (SSSR count). The molecule has 6 heteroatoms. The number of aryl methyl sites for hydroxylation is 2. The molecule has 0 unspecified atom stereocenters. The number of aromatic nitrogens is 2. The Balaban J connectivity index is 1.17. The predicted molar refractivity (Wildman–Crippen MR) is 136 cm³/mol. The van der Waals surface area contributed by atoms with Gasteiger partial charge in [0.05, 0.1) is 5.69 Å². The summed E-state index contributed by atoms with van der Waals surface area (Å²) in [5.41, 5.74) is 4.89. The van der Waals surface area contributed by atoms with E-state index in [0.29, 0.717) is 5.91 Å². The molecule has 0 bridgehead atoms. The zero-order chi connectivity index (χ0) is 23.5. The van der Waals surface area contributed by atoms with Crippen molar-refractivity contribution in [2.45, 2.75) is 33.2 Å². The lowest BCUT2D eigenvalue weighted by Crippen LogP contribution is -2.51. The Labute approximate surface area is 202 Å². The summed E-state index contributed by atoms with van der Waals surface area (Å²) < 4.78 is 2.27. The number of benzene rings is 1.